The minimum absolute atomic E-state index is 0.00169. The number of ether oxygens (including phenoxy) is 1. The summed E-state index contributed by atoms with van der Waals surface area (Å²) in [6.07, 6.45) is 6.57. The van der Waals surface area contributed by atoms with Crippen molar-refractivity contribution in [3.05, 3.63) is 29.6 Å². The van der Waals surface area contributed by atoms with Gasteiger partial charge in [0.05, 0.1) is 11.8 Å². The molecule has 0 saturated heterocycles. The molecule has 1 aliphatic carbocycles. The lowest BCUT2D eigenvalue weighted by atomic mass is 10.1. The highest BCUT2D eigenvalue weighted by atomic mass is 16.5. The summed E-state index contributed by atoms with van der Waals surface area (Å²) in [5.41, 5.74) is 0.843. The van der Waals surface area contributed by atoms with Crippen LogP contribution in [0.2, 0.25) is 0 Å². The van der Waals surface area contributed by atoms with Crippen molar-refractivity contribution < 1.29 is 19.4 Å². The van der Waals surface area contributed by atoms with E-state index in [-0.39, 0.29) is 23.8 Å². The van der Waals surface area contributed by atoms with E-state index in [0.29, 0.717) is 17.0 Å². The number of pyridine rings is 1. The number of hydrogen-bond donors (Lipinski definition) is 2. The molecular formula is C20H22N4O4. The summed E-state index contributed by atoms with van der Waals surface area (Å²) in [5, 5.41) is 21.2. The number of aliphatic carboxylic acids is 1. The predicted molar refractivity (Wildman–Crippen MR) is 103 cm³/mol. The average Bonchev–Trinajstić information content (AvgIpc) is 3.28. The van der Waals surface area contributed by atoms with E-state index >= 15 is 0 Å². The van der Waals surface area contributed by atoms with Crippen LogP contribution in [0.4, 0.5) is 5.69 Å². The Morgan fingerprint density at radius 2 is 2.14 bits per heavy atom. The number of amides is 1. The van der Waals surface area contributed by atoms with E-state index in [9.17, 15) is 14.7 Å². The molecule has 1 amide bonds. The van der Waals surface area contributed by atoms with Gasteiger partial charge in [-0.2, -0.15) is 10.2 Å². The number of rotatable bonds is 6. The Hall–Kier alpha value is -3.34. The quantitative estimate of drug-likeness (QED) is 0.585. The Balaban J connectivity index is 2.07. The number of anilines is 1. The molecule has 146 valence electrons. The largest absolute Gasteiger partial charge is 0.477 e. The maximum Gasteiger partial charge on any atom is 0.346 e. The zero-order valence-electron chi connectivity index (χ0n) is 15.8. The van der Waals surface area contributed by atoms with Crippen molar-refractivity contribution in [1.82, 2.24) is 9.38 Å². The molecule has 0 bridgehead atoms. The van der Waals surface area contributed by atoms with Crippen LogP contribution in [0.5, 0.6) is 5.88 Å². The van der Waals surface area contributed by atoms with Gasteiger partial charge in [0, 0.05) is 12.1 Å². The monoisotopic (exact) mass is 382 g/mol. The van der Waals surface area contributed by atoms with E-state index in [2.05, 4.69) is 10.3 Å². The van der Waals surface area contributed by atoms with Crippen molar-refractivity contribution in [3.8, 4) is 11.9 Å². The maximum atomic E-state index is 12.5. The smallest absolute Gasteiger partial charge is 0.346 e. The van der Waals surface area contributed by atoms with Gasteiger partial charge in [0.1, 0.15) is 17.3 Å². The molecule has 2 N–H and O–H groups in total. The number of nitrogens with zero attached hydrogens (tertiary/aromatic N) is 3. The first-order valence-electron chi connectivity index (χ1n) is 9.24. The standard InChI is InChI=1S/C20H22N4O4/c1-12(2)28-19-16(10-14(11-21)20(26)27)24-9-5-8-15(17(24)23-19)22-18(25)13-6-3-4-7-13/h5,8-10,12-13H,3-4,6-7H2,1-2H3,(H,22,25)(H,26,27). The van der Waals surface area contributed by atoms with Crippen molar-refractivity contribution in [2.24, 2.45) is 5.92 Å². The summed E-state index contributed by atoms with van der Waals surface area (Å²) in [7, 11) is 0. The normalized spacial score (nSPS) is 15.0. The van der Waals surface area contributed by atoms with E-state index in [1.54, 1.807) is 28.8 Å². The number of nitrogens with one attached hydrogen (secondary N) is 1. The Labute approximate surface area is 162 Å². The van der Waals surface area contributed by atoms with Gasteiger partial charge >= 0.3 is 5.97 Å². The van der Waals surface area contributed by atoms with E-state index in [1.165, 1.54) is 6.08 Å². The number of carboxylic acids is 1. The fourth-order valence-electron chi connectivity index (χ4n) is 3.31. The highest BCUT2D eigenvalue weighted by molar-refractivity contribution is 5.98. The summed E-state index contributed by atoms with van der Waals surface area (Å²) >= 11 is 0. The van der Waals surface area contributed by atoms with Gasteiger partial charge in [-0.1, -0.05) is 12.8 Å². The van der Waals surface area contributed by atoms with E-state index < -0.39 is 11.5 Å². The van der Waals surface area contributed by atoms with Gasteiger partial charge < -0.3 is 15.2 Å². The molecule has 0 spiro atoms. The van der Waals surface area contributed by atoms with Crippen molar-refractivity contribution in [2.45, 2.75) is 45.6 Å². The SMILES string of the molecule is CC(C)Oc1nc2c(NC(=O)C3CCCC3)cccn2c1C=C(C#N)C(=O)O. The molecule has 2 aromatic rings. The van der Waals surface area contributed by atoms with Gasteiger partial charge in [-0.15, -0.1) is 0 Å². The second-order valence-corrected chi connectivity index (χ2v) is 7.03. The van der Waals surface area contributed by atoms with E-state index in [1.807, 2.05) is 13.8 Å². The molecule has 3 rings (SSSR count). The van der Waals surface area contributed by atoms with Gasteiger partial charge in [-0.05, 0) is 44.9 Å². The second-order valence-electron chi connectivity index (χ2n) is 7.03. The first-order valence-corrected chi connectivity index (χ1v) is 9.24. The summed E-state index contributed by atoms with van der Waals surface area (Å²) in [6.45, 7) is 3.64. The van der Waals surface area contributed by atoms with Crippen LogP contribution < -0.4 is 10.1 Å². The fourth-order valence-corrected chi connectivity index (χ4v) is 3.31. The number of aromatic nitrogens is 2. The molecule has 0 radical (unpaired) electrons. The lowest BCUT2D eigenvalue weighted by molar-refractivity contribution is -0.132. The molecule has 0 aliphatic heterocycles. The second kappa shape index (κ2) is 8.13. The lowest BCUT2D eigenvalue weighted by Gasteiger charge is -2.11. The van der Waals surface area contributed by atoms with Crippen molar-refractivity contribution in [3.63, 3.8) is 0 Å². The van der Waals surface area contributed by atoms with E-state index in [0.717, 1.165) is 25.7 Å². The minimum atomic E-state index is -1.33. The Morgan fingerprint density at radius 1 is 1.43 bits per heavy atom. The minimum Gasteiger partial charge on any atom is -0.477 e. The number of imidazole rings is 1. The molecule has 1 saturated carbocycles. The van der Waals surface area contributed by atoms with Gasteiger partial charge in [0.25, 0.3) is 0 Å². The van der Waals surface area contributed by atoms with Crippen LogP contribution in [0.25, 0.3) is 11.7 Å². The molecule has 2 aromatic heterocycles. The molecule has 0 unspecified atom stereocenters. The highest BCUT2D eigenvalue weighted by Crippen LogP contribution is 2.30. The molecule has 0 aromatic carbocycles. The first kappa shape index (κ1) is 19.4. The number of carbonyl (C=O) groups is 2. The van der Waals surface area contributed by atoms with E-state index in [4.69, 9.17) is 10.00 Å². The third kappa shape index (κ3) is 3.98. The van der Waals surface area contributed by atoms with Crippen LogP contribution in [0.15, 0.2) is 23.9 Å². The molecule has 8 nitrogen and oxygen atoms in total. The van der Waals surface area contributed by atoms with Gasteiger partial charge in [0.15, 0.2) is 5.65 Å². The third-order valence-electron chi connectivity index (χ3n) is 4.62. The van der Waals surface area contributed by atoms with Crippen LogP contribution >= 0.6 is 0 Å². The maximum absolute atomic E-state index is 12.5. The topological polar surface area (TPSA) is 117 Å². The number of hydrogen-bond acceptors (Lipinski definition) is 5. The summed E-state index contributed by atoms with van der Waals surface area (Å²) in [6, 6.07) is 5.13. The molecular weight excluding hydrogens is 360 g/mol. The number of carboxylic acid groups (broad SMARTS) is 1. The number of carbonyl (C=O) groups excluding carboxylic acids is 1. The molecule has 1 fully saturated rings. The summed E-state index contributed by atoms with van der Waals surface area (Å²) in [4.78, 5) is 28.3. The van der Waals surface area contributed by atoms with Crippen molar-refractivity contribution in [2.75, 3.05) is 5.32 Å². The first-order chi connectivity index (χ1) is 13.4. The van der Waals surface area contributed by atoms with Gasteiger partial charge in [-0.25, -0.2) is 4.79 Å². The molecule has 1 aliphatic rings. The molecule has 2 heterocycles. The number of fused-ring (bicyclic) bond motifs is 1. The summed E-state index contributed by atoms with van der Waals surface area (Å²) in [5.74, 6) is -1.18. The molecule has 8 heteroatoms. The Kier molecular flexibility index (Phi) is 5.64. The van der Waals surface area contributed by atoms with Crippen LogP contribution in [0, 0.1) is 17.2 Å². The van der Waals surface area contributed by atoms with Crippen LogP contribution in [-0.4, -0.2) is 32.5 Å². The summed E-state index contributed by atoms with van der Waals surface area (Å²) < 4.78 is 7.34. The Morgan fingerprint density at radius 3 is 2.75 bits per heavy atom. The molecule has 0 atom stereocenters. The Bertz CT molecular complexity index is 978. The molecule has 28 heavy (non-hydrogen) atoms. The average molecular weight is 382 g/mol. The highest BCUT2D eigenvalue weighted by Gasteiger charge is 2.24. The predicted octanol–water partition coefficient (Wildman–Crippen LogP) is 3.24. The lowest BCUT2D eigenvalue weighted by Crippen LogP contribution is -2.20. The number of nitriles is 1. The van der Waals surface area contributed by atoms with Crippen molar-refractivity contribution in [1.29, 1.82) is 5.26 Å². The van der Waals surface area contributed by atoms with Crippen LogP contribution in [0.1, 0.15) is 45.2 Å². The van der Waals surface area contributed by atoms with Crippen LogP contribution in [-0.2, 0) is 9.59 Å². The zero-order valence-corrected chi connectivity index (χ0v) is 15.8. The fraction of sp³-hybridized carbons (Fsp3) is 0.400. The third-order valence-corrected chi connectivity index (χ3v) is 4.62. The van der Waals surface area contributed by atoms with Gasteiger partial charge in [0.2, 0.25) is 11.8 Å². The zero-order chi connectivity index (χ0) is 20.3. The van der Waals surface area contributed by atoms with Crippen LogP contribution in [0.3, 0.4) is 0 Å². The van der Waals surface area contributed by atoms with Crippen molar-refractivity contribution >= 4 is 29.3 Å². The van der Waals surface area contributed by atoms with Gasteiger partial charge in [-0.3, -0.25) is 9.20 Å².